The van der Waals surface area contributed by atoms with E-state index in [4.69, 9.17) is 0 Å². The van der Waals surface area contributed by atoms with E-state index in [0.29, 0.717) is 40.1 Å². The lowest BCUT2D eigenvalue weighted by Gasteiger charge is -2.05. The second kappa shape index (κ2) is 9.90. The Labute approximate surface area is 168 Å². The summed E-state index contributed by atoms with van der Waals surface area (Å²) >= 11 is 2.85. The first-order valence-electron chi connectivity index (χ1n) is 8.33. The van der Waals surface area contributed by atoms with E-state index in [1.54, 1.807) is 23.7 Å². The van der Waals surface area contributed by atoms with Crippen LogP contribution in [0.2, 0.25) is 0 Å². The molecule has 0 atom stereocenters. The summed E-state index contributed by atoms with van der Waals surface area (Å²) in [5, 5.41) is 16.4. The third kappa shape index (κ3) is 6.10. The van der Waals surface area contributed by atoms with Crippen LogP contribution in [0.4, 0.5) is 15.3 Å². The van der Waals surface area contributed by atoms with Crippen LogP contribution in [0.25, 0.3) is 0 Å². The Morgan fingerprint density at radius 3 is 2.57 bits per heavy atom. The number of carbonyl (C=O) groups is 2. The molecule has 0 aliphatic rings. The van der Waals surface area contributed by atoms with Crippen LogP contribution in [0.1, 0.15) is 23.2 Å². The summed E-state index contributed by atoms with van der Waals surface area (Å²) in [4.78, 5) is 27.8. The van der Waals surface area contributed by atoms with Gasteiger partial charge in [-0.25, -0.2) is 9.37 Å². The van der Waals surface area contributed by atoms with Crippen molar-refractivity contribution in [2.45, 2.75) is 17.9 Å². The van der Waals surface area contributed by atoms with Crippen molar-refractivity contribution >= 4 is 45.9 Å². The van der Waals surface area contributed by atoms with E-state index in [1.807, 2.05) is 0 Å². The van der Waals surface area contributed by atoms with Crippen LogP contribution in [0.3, 0.4) is 0 Å². The molecule has 3 aromatic rings. The monoisotopic (exact) mass is 417 g/mol. The number of thiazole rings is 1. The quantitative estimate of drug-likeness (QED) is 0.427. The van der Waals surface area contributed by atoms with Crippen LogP contribution < -0.4 is 10.6 Å². The molecule has 0 spiro atoms. The Hall–Kier alpha value is -2.85. The first kappa shape index (κ1) is 19.9. The number of carbonyl (C=O) groups excluding carboxylic acids is 2. The Kier molecular flexibility index (Phi) is 7.04. The fourth-order valence-corrected chi connectivity index (χ4v) is 3.44. The molecule has 0 aliphatic heterocycles. The molecule has 1 aromatic carbocycles. The van der Waals surface area contributed by atoms with Gasteiger partial charge in [0.1, 0.15) is 10.8 Å². The second-order valence-electron chi connectivity index (χ2n) is 5.56. The number of hydrogen-bond donors (Lipinski definition) is 2. The topological polar surface area (TPSA) is 96.9 Å². The molecule has 3 rings (SSSR count). The molecule has 10 heteroatoms. The van der Waals surface area contributed by atoms with Gasteiger partial charge in [0.15, 0.2) is 10.9 Å². The minimum atomic E-state index is -0.404. The molecule has 0 bridgehead atoms. The van der Waals surface area contributed by atoms with E-state index in [0.717, 1.165) is 0 Å². The molecule has 28 heavy (non-hydrogen) atoms. The summed E-state index contributed by atoms with van der Waals surface area (Å²) in [6.45, 7) is 0. The Bertz CT molecular complexity index is 918. The largest absolute Gasteiger partial charge is 0.305 e. The highest BCUT2D eigenvalue weighted by Gasteiger charge is 2.08. The van der Waals surface area contributed by atoms with Crippen LogP contribution in [-0.2, 0) is 4.79 Å². The number of anilines is 2. The smallest absolute Gasteiger partial charge is 0.256 e. The first-order valence-corrected chi connectivity index (χ1v) is 10.2. The van der Waals surface area contributed by atoms with Gasteiger partial charge >= 0.3 is 0 Å². The van der Waals surface area contributed by atoms with Crippen molar-refractivity contribution in [2.24, 2.45) is 0 Å². The van der Waals surface area contributed by atoms with E-state index < -0.39 is 5.82 Å². The van der Waals surface area contributed by atoms with Gasteiger partial charge in [0.2, 0.25) is 5.91 Å². The molecule has 2 amide bonds. The Morgan fingerprint density at radius 1 is 1.07 bits per heavy atom. The summed E-state index contributed by atoms with van der Waals surface area (Å²) in [6.07, 6.45) is 2.72. The molecule has 0 saturated heterocycles. The third-order valence-electron chi connectivity index (χ3n) is 3.46. The van der Waals surface area contributed by atoms with Crippen molar-refractivity contribution in [3.8, 4) is 0 Å². The van der Waals surface area contributed by atoms with Gasteiger partial charge in [-0.1, -0.05) is 0 Å². The lowest BCUT2D eigenvalue weighted by atomic mass is 10.2. The highest BCUT2D eigenvalue weighted by atomic mass is 32.2. The summed E-state index contributed by atoms with van der Waals surface area (Å²) in [6, 6.07) is 8.62. The van der Waals surface area contributed by atoms with Crippen molar-refractivity contribution in [1.29, 1.82) is 0 Å². The maximum Gasteiger partial charge on any atom is 0.256 e. The van der Waals surface area contributed by atoms with Crippen molar-refractivity contribution < 1.29 is 14.0 Å². The SMILES string of the molecule is O=C(CCCSc1ccc(NC(=O)c2ccc(F)cc2)nn1)Nc1nccs1. The molecular formula is C18H16FN5O2S2. The summed E-state index contributed by atoms with van der Waals surface area (Å²) in [5.41, 5.74) is 0.331. The lowest BCUT2D eigenvalue weighted by molar-refractivity contribution is -0.116. The lowest BCUT2D eigenvalue weighted by Crippen LogP contribution is -2.13. The van der Waals surface area contributed by atoms with Crippen LogP contribution in [0.15, 0.2) is 53.0 Å². The van der Waals surface area contributed by atoms with Crippen LogP contribution in [-0.4, -0.2) is 32.7 Å². The van der Waals surface area contributed by atoms with E-state index >= 15 is 0 Å². The number of rotatable bonds is 8. The van der Waals surface area contributed by atoms with Gasteiger partial charge in [-0.05, 0) is 42.8 Å². The normalized spacial score (nSPS) is 10.5. The number of hydrogen-bond acceptors (Lipinski definition) is 7. The molecule has 2 N–H and O–H groups in total. The van der Waals surface area contributed by atoms with Crippen molar-refractivity contribution in [2.75, 3.05) is 16.4 Å². The fraction of sp³-hybridized carbons (Fsp3) is 0.167. The zero-order chi connectivity index (χ0) is 19.8. The maximum atomic E-state index is 12.9. The maximum absolute atomic E-state index is 12.9. The minimum absolute atomic E-state index is 0.0690. The van der Waals surface area contributed by atoms with Gasteiger partial charge in [-0.2, -0.15) is 0 Å². The summed E-state index contributed by atoms with van der Waals surface area (Å²) in [7, 11) is 0. The average molecular weight is 417 g/mol. The van der Waals surface area contributed by atoms with E-state index in [1.165, 1.54) is 47.4 Å². The Balaban J connectivity index is 1.40. The zero-order valence-electron chi connectivity index (χ0n) is 14.6. The van der Waals surface area contributed by atoms with Gasteiger partial charge in [0.25, 0.3) is 5.91 Å². The third-order valence-corrected chi connectivity index (χ3v) is 5.16. The molecule has 0 fully saturated rings. The number of aromatic nitrogens is 3. The predicted molar refractivity (Wildman–Crippen MR) is 107 cm³/mol. The molecule has 0 saturated carbocycles. The number of nitrogens with one attached hydrogen (secondary N) is 2. The molecular weight excluding hydrogens is 401 g/mol. The fourth-order valence-electron chi connectivity index (χ4n) is 2.13. The van der Waals surface area contributed by atoms with Gasteiger partial charge in [0.05, 0.1) is 0 Å². The summed E-state index contributed by atoms with van der Waals surface area (Å²) < 4.78 is 12.9. The van der Waals surface area contributed by atoms with Gasteiger partial charge in [0, 0.05) is 29.3 Å². The highest BCUT2D eigenvalue weighted by molar-refractivity contribution is 7.99. The predicted octanol–water partition coefficient (Wildman–Crippen LogP) is 3.84. The molecule has 0 aliphatic carbocycles. The van der Waals surface area contributed by atoms with E-state index in [2.05, 4.69) is 25.8 Å². The molecule has 7 nitrogen and oxygen atoms in total. The van der Waals surface area contributed by atoms with Gasteiger partial charge < -0.3 is 10.6 Å². The Morgan fingerprint density at radius 2 is 1.89 bits per heavy atom. The standard InChI is InChI=1S/C18H16FN5O2S2/c19-13-5-3-12(4-6-13)17(26)21-14-7-8-16(24-23-14)27-10-1-2-15(25)22-18-20-9-11-28-18/h3-9,11H,1-2,10H2,(H,20,22,25)(H,21,23,26). The number of benzene rings is 1. The van der Waals surface area contributed by atoms with Crippen LogP contribution >= 0.6 is 23.1 Å². The minimum Gasteiger partial charge on any atom is -0.305 e. The molecule has 2 aromatic heterocycles. The second-order valence-corrected chi connectivity index (χ2v) is 7.57. The molecule has 2 heterocycles. The zero-order valence-corrected chi connectivity index (χ0v) is 16.2. The van der Waals surface area contributed by atoms with Crippen LogP contribution in [0.5, 0.6) is 0 Å². The molecule has 0 unspecified atom stereocenters. The highest BCUT2D eigenvalue weighted by Crippen LogP contribution is 2.18. The van der Waals surface area contributed by atoms with Crippen molar-refractivity contribution in [1.82, 2.24) is 15.2 Å². The average Bonchev–Trinajstić information content (AvgIpc) is 3.20. The van der Waals surface area contributed by atoms with Gasteiger partial charge in [-0.15, -0.1) is 33.3 Å². The number of amides is 2. The number of nitrogens with zero attached hydrogens (tertiary/aromatic N) is 3. The number of thioether (sulfide) groups is 1. The van der Waals surface area contributed by atoms with Crippen LogP contribution in [0, 0.1) is 5.82 Å². The molecule has 144 valence electrons. The first-order chi connectivity index (χ1) is 13.6. The van der Waals surface area contributed by atoms with Crippen molar-refractivity contribution in [3.05, 3.63) is 59.4 Å². The van der Waals surface area contributed by atoms with E-state index in [9.17, 15) is 14.0 Å². The number of halogens is 1. The summed E-state index contributed by atoms with van der Waals surface area (Å²) in [5.74, 6) is 0.155. The molecule has 0 radical (unpaired) electrons. The van der Waals surface area contributed by atoms with Gasteiger partial charge in [-0.3, -0.25) is 9.59 Å². The van der Waals surface area contributed by atoms with Crippen molar-refractivity contribution in [3.63, 3.8) is 0 Å². The van der Waals surface area contributed by atoms with E-state index in [-0.39, 0.29) is 11.8 Å².